The summed E-state index contributed by atoms with van der Waals surface area (Å²) in [5.74, 6) is 0.783. The molecule has 1 saturated carbocycles. The van der Waals surface area contributed by atoms with E-state index in [9.17, 15) is 4.79 Å². The number of ether oxygens (including phenoxy) is 1. The van der Waals surface area contributed by atoms with Crippen molar-refractivity contribution < 1.29 is 9.53 Å². The summed E-state index contributed by atoms with van der Waals surface area (Å²) >= 11 is 0. The van der Waals surface area contributed by atoms with E-state index in [0.29, 0.717) is 5.75 Å². The van der Waals surface area contributed by atoms with Gasteiger partial charge < -0.3 is 10.5 Å². The number of carbonyl (C=O) groups excluding carboxylic acids is 1. The Kier molecular flexibility index (Phi) is 4.81. The van der Waals surface area contributed by atoms with Crippen molar-refractivity contribution in [1.82, 2.24) is 0 Å². The normalized spacial score (nSPS) is 23.2. The summed E-state index contributed by atoms with van der Waals surface area (Å²) in [6.45, 7) is 3.99. The predicted octanol–water partition coefficient (Wildman–Crippen LogP) is 3.40. The van der Waals surface area contributed by atoms with Gasteiger partial charge in [-0.05, 0) is 43.9 Å². The number of nitrogens with two attached hydrogens (primary N) is 1. The second-order valence-corrected chi connectivity index (χ2v) is 5.93. The molecule has 2 rings (SSSR count). The van der Waals surface area contributed by atoms with Crippen LogP contribution in [0.1, 0.15) is 53.6 Å². The number of rotatable bonds is 3. The number of carbonyl (C=O) groups is 1. The van der Waals surface area contributed by atoms with Crippen LogP contribution in [0.2, 0.25) is 0 Å². The molecular formula is C17H25NO2. The van der Waals surface area contributed by atoms with Crippen LogP contribution in [-0.4, -0.2) is 18.9 Å². The lowest BCUT2D eigenvalue weighted by molar-refractivity contribution is 0.0891. The SMILES string of the molecule is COc1cc(C)cc(C)c1C(=O)C1CCCCCC1N. The zero-order valence-electron chi connectivity index (χ0n) is 12.7. The number of hydrogen-bond donors (Lipinski definition) is 1. The Hall–Kier alpha value is -1.35. The summed E-state index contributed by atoms with van der Waals surface area (Å²) in [4.78, 5) is 12.9. The molecule has 1 aromatic rings. The molecule has 0 aromatic heterocycles. The van der Waals surface area contributed by atoms with Crippen LogP contribution in [0.25, 0.3) is 0 Å². The predicted molar refractivity (Wildman–Crippen MR) is 81.3 cm³/mol. The van der Waals surface area contributed by atoms with E-state index >= 15 is 0 Å². The molecule has 20 heavy (non-hydrogen) atoms. The topological polar surface area (TPSA) is 52.3 Å². The summed E-state index contributed by atoms with van der Waals surface area (Å²) in [7, 11) is 1.62. The molecule has 0 saturated heterocycles. The smallest absolute Gasteiger partial charge is 0.171 e. The van der Waals surface area contributed by atoms with Gasteiger partial charge in [0.25, 0.3) is 0 Å². The molecule has 3 nitrogen and oxygen atoms in total. The minimum absolute atomic E-state index is 0.0181. The molecule has 0 bridgehead atoms. The summed E-state index contributed by atoms with van der Waals surface area (Å²) in [5.41, 5.74) is 9.05. The van der Waals surface area contributed by atoms with Gasteiger partial charge in [0, 0.05) is 12.0 Å². The lowest BCUT2D eigenvalue weighted by atomic mass is 9.85. The molecule has 0 spiro atoms. The number of aryl methyl sites for hydroxylation is 2. The highest BCUT2D eigenvalue weighted by molar-refractivity contribution is 6.02. The second kappa shape index (κ2) is 6.40. The standard InChI is InChI=1S/C17H25NO2/c1-11-9-12(2)16(15(10-11)20-3)17(19)13-7-5-4-6-8-14(13)18/h9-10,13-14H,4-8,18H2,1-3H3. The number of methoxy groups -OCH3 is 1. The van der Waals surface area contributed by atoms with Gasteiger partial charge in [0.2, 0.25) is 0 Å². The lowest BCUT2D eigenvalue weighted by Crippen LogP contribution is -2.35. The van der Waals surface area contributed by atoms with Crippen molar-refractivity contribution >= 4 is 5.78 Å². The van der Waals surface area contributed by atoms with E-state index in [1.807, 2.05) is 26.0 Å². The van der Waals surface area contributed by atoms with Gasteiger partial charge in [0.05, 0.1) is 12.7 Å². The van der Waals surface area contributed by atoms with Crippen LogP contribution < -0.4 is 10.5 Å². The van der Waals surface area contributed by atoms with Gasteiger partial charge >= 0.3 is 0 Å². The van der Waals surface area contributed by atoms with Crippen molar-refractivity contribution in [1.29, 1.82) is 0 Å². The van der Waals surface area contributed by atoms with Gasteiger partial charge in [0.1, 0.15) is 5.75 Å². The van der Waals surface area contributed by atoms with Gasteiger partial charge in [-0.15, -0.1) is 0 Å². The van der Waals surface area contributed by atoms with E-state index < -0.39 is 0 Å². The van der Waals surface area contributed by atoms with Gasteiger partial charge in [-0.1, -0.05) is 25.3 Å². The fourth-order valence-electron chi connectivity index (χ4n) is 3.25. The van der Waals surface area contributed by atoms with E-state index in [-0.39, 0.29) is 17.7 Å². The van der Waals surface area contributed by atoms with Crippen LogP contribution in [0.4, 0.5) is 0 Å². The number of hydrogen-bond acceptors (Lipinski definition) is 3. The van der Waals surface area contributed by atoms with E-state index in [2.05, 4.69) is 0 Å². The summed E-state index contributed by atoms with van der Waals surface area (Å²) in [6, 6.07) is 3.95. The Labute approximate surface area is 121 Å². The maximum atomic E-state index is 12.9. The molecule has 0 amide bonds. The van der Waals surface area contributed by atoms with Crippen LogP contribution in [0.5, 0.6) is 5.75 Å². The van der Waals surface area contributed by atoms with Crippen molar-refractivity contribution in [2.45, 2.75) is 52.0 Å². The molecule has 0 aliphatic heterocycles. The molecule has 3 heteroatoms. The molecule has 1 aliphatic carbocycles. The van der Waals surface area contributed by atoms with Crippen molar-refractivity contribution in [2.24, 2.45) is 11.7 Å². The monoisotopic (exact) mass is 275 g/mol. The molecule has 2 unspecified atom stereocenters. The van der Waals surface area contributed by atoms with Gasteiger partial charge in [-0.3, -0.25) is 4.79 Å². The van der Waals surface area contributed by atoms with Gasteiger partial charge in [0.15, 0.2) is 5.78 Å². The zero-order chi connectivity index (χ0) is 14.7. The molecular weight excluding hydrogens is 250 g/mol. The highest BCUT2D eigenvalue weighted by Crippen LogP contribution is 2.31. The highest BCUT2D eigenvalue weighted by atomic mass is 16.5. The first-order valence-electron chi connectivity index (χ1n) is 7.49. The van der Waals surface area contributed by atoms with Crippen LogP contribution in [0.15, 0.2) is 12.1 Å². The van der Waals surface area contributed by atoms with Crippen molar-refractivity contribution in [2.75, 3.05) is 7.11 Å². The minimum Gasteiger partial charge on any atom is -0.496 e. The number of ketones is 1. The fraction of sp³-hybridized carbons (Fsp3) is 0.588. The first-order valence-corrected chi connectivity index (χ1v) is 7.49. The second-order valence-electron chi connectivity index (χ2n) is 5.93. The van der Waals surface area contributed by atoms with Crippen molar-refractivity contribution in [3.8, 4) is 5.75 Å². The molecule has 2 N–H and O–H groups in total. The lowest BCUT2D eigenvalue weighted by Gasteiger charge is -2.22. The molecule has 2 atom stereocenters. The Morgan fingerprint density at radius 1 is 1.20 bits per heavy atom. The van der Waals surface area contributed by atoms with E-state index in [0.717, 1.165) is 42.4 Å². The average Bonchev–Trinajstić information content (AvgIpc) is 2.61. The molecule has 0 radical (unpaired) electrons. The maximum Gasteiger partial charge on any atom is 0.171 e. The van der Waals surface area contributed by atoms with E-state index in [4.69, 9.17) is 10.5 Å². The van der Waals surface area contributed by atoms with Crippen molar-refractivity contribution in [3.05, 3.63) is 28.8 Å². The third-order valence-electron chi connectivity index (χ3n) is 4.32. The minimum atomic E-state index is -0.0622. The summed E-state index contributed by atoms with van der Waals surface area (Å²) < 4.78 is 5.42. The Morgan fingerprint density at radius 3 is 2.60 bits per heavy atom. The Balaban J connectivity index is 2.37. The van der Waals surface area contributed by atoms with E-state index in [1.165, 1.54) is 6.42 Å². The third kappa shape index (κ3) is 3.04. The molecule has 1 fully saturated rings. The molecule has 1 aromatic carbocycles. The van der Waals surface area contributed by atoms with Crippen LogP contribution in [-0.2, 0) is 0 Å². The first-order chi connectivity index (χ1) is 9.54. The third-order valence-corrected chi connectivity index (χ3v) is 4.32. The maximum absolute atomic E-state index is 12.9. The summed E-state index contributed by atoms with van der Waals surface area (Å²) in [5, 5.41) is 0. The van der Waals surface area contributed by atoms with Crippen LogP contribution in [0.3, 0.4) is 0 Å². The van der Waals surface area contributed by atoms with Gasteiger partial charge in [-0.25, -0.2) is 0 Å². The molecule has 0 heterocycles. The van der Waals surface area contributed by atoms with Crippen LogP contribution in [0, 0.1) is 19.8 Å². The summed E-state index contributed by atoms with van der Waals surface area (Å²) in [6.07, 6.45) is 5.26. The quantitative estimate of drug-likeness (QED) is 0.679. The van der Waals surface area contributed by atoms with Crippen molar-refractivity contribution in [3.63, 3.8) is 0 Å². The van der Waals surface area contributed by atoms with Gasteiger partial charge in [-0.2, -0.15) is 0 Å². The fourth-order valence-corrected chi connectivity index (χ4v) is 3.25. The van der Waals surface area contributed by atoms with E-state index in [1.54, 1.807) is 7.11 Å². The Morgan fingerprint density at radius 2 is 1.90 bits per heavy atom. The molecule has 110 valence electrons. The first kappa shape index (κ1) is 15.0. The highest BCUT2D eigenvalue weighted by Gasteiger charge is 2.30. The number of benzene rings is 1. The van der Waals surface area contributed by atoms with Crippen LogP contribution >= 0.6 is 0 Å². The number of Topliss-reactive ketones (excluding diaryl/α,β-unsaturated/α-hetero) is 1. The largest absolute Gasteiger partial charge is 0.496 e. The molecule has 1 aliphatic rings. The Bertz CT molecular complexity index is 496. The zero-order valence-corrected chi connectivity index (χ0v) is 12.7. The average molecular weight is 275 g/mol.